The minimum Gasteiger partial charge on any atom is -0.454 e. The van der Waals surface area contributed by atoms with E-state index in [1.165, 1.54) is 28.4 Å². The van der Waals surface area contributed by atoms with Gasteiger partial charge >= 0.3 is 0 Å². The van der Waals surface area contributed by atoms with Gasteiger partial charge in [0.05, 0.1) is 10.5 Å². The second-order valence-electron chi connectivity index (χ2n) is 6.40. The summed E-state index contributed by atoms with van der Waals surface area (Å²) < 4.78 is 11.2. The number of hydrogen-bond donors (Lipinski definition) is 1. The van der Waals surface area contributed by atoms with Crippen molar-refractivity contribution in [1.82, 2.24) is 10.2 Å². The van der Waals surface area contributed by atoms with Crippen LogP contribution < -0.4 is 14.8 Å². The molecule has 1 fully saturated rings. The van der Waals surface area contributed by atoms with E-state index in [1.807, 2.05) is 42.7 Å². The number of hydrogen-bond acceptors (Lipinski definition) is 7. The van der Waals surface area contributed by atoms with Crippen molar-refractivity contribution in [3.63, 3.8) is 0 Å². The first-order chi connectivity index (χ1) is 14.6. The van der Waals surface area contributed by atoms with Gasteiger partial charge in [-0.15, -0.1) is 11.8 Å². The number of fused-ring (bicyclic) bond motifs is 1. The van der Waals surface area contributed by atoms with Crippen LogP contribution in [-0.2, 0) is 4.79 Å². The van der Waals surface area contributed by atoms with E-state index in [2.05, 4.69) is 5.32 Å². The molecule has 0 spiro atoms. The highest BCUT2D eigenvalue weighted by Gasteiger charge is 2.31. The van der Waals surface area contributed by atoms with Gasteiger partial charge in [-0.2, -0.15) is 0 Å². The predicted octanol–water partition coefficient (Wildman–Crippen LogP) is 3.77. The number of carbonyl (C=O) groups excluding carboxylic acids is 2. The van der Waals surface area contributed by atoms with Gasteiger partial charge in [-0.05, 0) is 42.2 Å². The third kappa shape index (κ3) is 4.33. The van der Waals surface area contributed by atoms with E-state index in [-0.39, 0.29) is 18.6 Å². The van der Waals surface area contributed by atoms with E-state index in [0.717, 1.165) is 10.5 Å². The van der Waals surface area contributed by atoms with Crippen LogP contribution in [0.25, 0.3) is 6.08 Å². The number of carbonyl (C=O) groups is 2. The molecule has 0 aromatic heterocycles. The molecule has 1 saturated heterocycles. The molecule has 9 heteroatoms. The zero-order valence-electron chi connectivity index (χ0n) is 16.0. The molecule has 2 amide bonds. The van der Waals surface area contributed by atoms with Gasteiger partial charge in [0.2, 0.25) is 6.79 Å². The van der Waals surface area contributed by atoms with Crippen molar-refractivity contribution < 1.29 is 19.1 Å². The summed E-state index contributed by atoms with van der Waals surface area (Å²) in [4.78, 5) is 28.2. The Balaban J connectivity index is 1.38. The molecule has 0 unspecified atom stereocenters. The lowest BCUT2D eigenvalue weighted by Gasteiger charge is -2.15. The molecule has 2 aliphatic rings. The Bertz CT molecular complexity index is 1050. The highest BCUT2D eigenvalue weighted by Crippen LogP contribution is 2.36. The van der Waals surface area contributed by atoms with Crippen LogP contribution in [0, 0.1) is 0 Å². The van der Waals surface area contributed by atoms with Crippen LogP contribution in [0.3, 0.4) is 0 Å². The molecule has 2 aromatic carbocycles. The van der Waals surface area contributed by atoms with Gasteiger partial charge in [-0.25, -0.2) is 0 Å². The summed E-state index contributed by atoms with van der Waals surface area (Å²) in [6.07, 6.45) is 3.72. The van der Waals surface area contributed by atoms with Crippen LogP contribution in [-0.4, -0.2) is 47.2 Å². The molecule has 30 heavy (non-hydrogen) atoms. The average Bonchev–Trinajstić information content (AvgIpc) is 3.32. The van der Waals surface area contributed by atoms with Crippen molar-refractivity contribution in [2.75, 3.05) is 26.1 Å². The summed E-state index contributed by atoms with van der Waals surface area (Å²) in [5, 5.41) is 2.87. The van der Waals surface area contributed by atoms with Gasteiger partial charge in [0, 0.05) is 18.0 Å². The van der Waals surface area contributed by atoms with Gasteiger partial charge in [0.1, 0.15) is 4.32 Å². The van der Waals surface area contributed by atoms with Gasteiger partial charge < -0.3 is 14.8 Å². The third-order valence-corrected chi connectivity index (χ3v) is 6.71. The molecule has 0 radical (unpaired) electrons. The van der Waals surface area contributed by atoms with E-state index < -0.39 is 0 Å². The minimum absolute atomic E-state index is 0.165. The molecule has 0 bridgehead atoms. The molecule has 6 nitrogen and oxygen atoms in total. The van der Waals surface area contributed by atoms with Gasteiger partial charge in [-0.3, -0.25) is 14.5 Å². The topological polar surface area (TPSA) is 67.9 Å². The summed E-state index contributed by atoms with van der Waals surface area (Å²) in [5.41, 5.74) is 1.46. The summed E-state index contributed by atoms with van der Waals surface area (Å²) in [5.74, 6) is 1.02. The van der Waals surface area contributed by atoms with E-state index in [4.69, 9.17) is 21.7 Å². The van der Waals surface area contributed by atoms with Crippen molar-refractivity contribution >= 4 is 58.0 Å². The fourth-order valence-electron chi connectivity index (χ4n) is 3.06. The van der Waals surface area contributed by atoms with E-state index in [0.29, 0.717) is 39.4 Å². The van der Waals surface area contributed by atoms with Crippen LogP contribution in [0.15, 0.2) is 52.3 Å². The summed E-state index contributed by atoms with van der Waals surface area (Å²) >= 11 is 8.14. The maximum absolute atomic E-state index is 12.8. The number of nitrogens with zero attached hydrogens (tertiary/aromatic N) is 1. The van der Waals surface area contributed by atoms with Crippen LogP contribution in [0.2, 0.25) is 0 Å². The molecule has 0 saturated carbocycles. The predicted molar refractivity (Wildman–Crippen MR) is 123 cm³/mol. The van der Waals surface area contributed by atoms with E-state index in [1.54, 1.807) is 12.1 Å². The van der Waals surface area contributed by atoms with Crippen molar-refractivity contribution in [3.8, 4) is 11.5 Å². The Morgan fingerprint density at radius 2 is 2.07 bits per heavy atom. The van der Waals surface area contributed by atoms with Crippen molar-refractivity contribution in [3.05, 3.63) is 58.5 Å². The Morgan fingerprint density at radius 3 is 2.90 bits per heavy atom. The number of nitrogens with one attached hydrogen (secondary N) is 1. The van der Waals surface area contributed by atoms with Crippen molar-refractivity contribution in [2.24, 2.45) is 0 Å². The maximum atomic E-state index is 12.8. The number of benzene rings is 2. The number of thiocarbonyl (C=S) groups is 1. The van der Waals surface area contributed by atoms with Crippen LogP contribution in [0.1, 0.15) is 15.9 Å². The smallest absolute Gasteiger partial charge is 0.266 e. The summed E-state index contributed by atoms with van der Waals surface area (Å²) in [6.45, 7) is 0.829. The molecule has 2 heterocycles. The molecule has 154 valence electrons. The number of amides is 2. The van der Waals surface area contributed by atoms with E-state index >= 15 is 0 Å². The number of ether oxygens (including phenoxy) is 2. The fourth-order valence-corrected chi connectivity index (χ4v) is 4.96. The van der Waals surface area contributed by atoms with Gasteiger partial charge in [0.15, 0.2) is 11.5 Å². The lowest BCUT2D eigenvalue weighted by Crippen LogP contribution is -2.37. The van der Waals surface area contributed by atoms with Crippen molar-refractivity contribution in [1.29, 1.82) is 0 Å². The molecule has 0 atom stereocenters. The Hall–Kier alpha value is -2.49. The average molecular weight is 459 g/mol. The minimum atomic E-state index is -0.165. The van der Waals surface area contributed by atoms with Crippen LogP contribution in [0.5, 0.6) is 11.5 Å². The zero-order chi connectivity index (χ0) is 21.1. The molecule has 2 aliphatic heterocycles. The Kier molecular flexibility index (Phi) is 6.31. The highest BCUT2D eigenvalue weighted by molar-refractivity contribution is 8.26. The number of thioether (sulfide) groups is 2. The second-order valence-corrected chi connectivity index (χ2v) is 8.93. The first kappa shape index (κ1) is 20.8. The monoisotopic (exact) mass is 458 g/mol. The summed E-state index contributed by atoms with van der Waals surface area (Å²) in [7, 11) is 0. The number of rotatable bonds is 6. The molecular formula is C21H18N2O4S3. The third-order valence-electron chi connectivity index (χ3n) is 4.54. The first-order valence-corrected chi connectivity index (χ1v) is 11.6. The molecule has 2 aromatic rings. The second kappa shape index (κ2) is 9.11. The van der Waals surface area contributed by atoms with E-state index in [9.17, 15) is 9.59 Å². The molecule has 0 aliphatic carbocycles. The Labute approximate surface area is 188 Å². The quantitative estimate of drug-likeness (QED) is 0.402. The standard InChI is InChI=1S/C21H18N2O4S3/c1-29-17-5-3-2-4-14(17)19(24)22-8-9-23-20(25)18(30-21(23)28)11-13-6-7-15-16(10-13)27-12-26-15/h2-7,10-11H,8-9,12H2,1H3,(H,22,24)/b18-11+. The normalized spacial score (nSPS) is 16.4. The first-order valence-electron chi connectivity index (χ1n) is 9.13. The van der Waals surface area contributed by atoms with Gasteiger partial charge in [0.25, 0.3) is 11.8 Å². The fraction of sp³-hybridized carbons (Fsp3) is 0.190. The lowest BCUT2D eigenvalue weighted by atomic mass is 10.2. The molecule has 4 rings (SSSR count). The highest BCUT2D eigenvalue weighted by atomic mass is 32.2. The molecule has 1 N–H and O–H groups in total. The lowest BCUT2D eigenvalue weighted by molar-refractivity contribution is -0.122. The van der Waals surface area contributed by atoms with Gasteiger partial charge in [-0.1, -0.05) is 42.2 Å². The van der Waals surface area contributed by atoms with Crippen LogP contribution in [0.4, 0.5) is 0 Å². The maximum Gasteiger partial charge on any atom is 0.266 e. The Morgan fingerprint density at radius 1 is 1.27 bits per heavy atom. The van der Waals surface area contributed by atoms with Crippen molar-refractivity contribution in [2.45, 2.75) is 4.90 Å². The largest absolute Gasteiger partial charge is 0.454 e. The van der Waals surface area contributed by atoms with Crippen LogP contribution >= 0.6 is 35.7 Å². The zero-order valence-corrected chi connectivity index (χ0v) is 18.5. The summed E-state index contributed by atoms with van der Waals surface area (Å²) in [6, 6.07) is 12.9. The molecular weight excluding hydrogens is 440 g/mol. The SMILES string of the molecule is CSc1ccccc1C(=O)NCCN1C(=O)/C(=C\c2ccc3c(c2)OCO3)SC1=S.